The zero-order valence-corrected chi connectivity index (χ0v) is 15.0. The Morgan fingerprint density at radius 3 is 2.71 bits per heavy atom. The molecule has 1 amide bonds. The van der Waals surface area contributed by atoms with Crippen molar-refractivity contribution in [3.05, 3.63) is 88.2 Å². The Bertz CT molecular complexity index is 992. The van der Waals surface area contributed by atoms with Crippen molar-refractivity contribution < 1.29 is 19.2 Å². The molecule has 0 saturated carbocycles. The number of pyridine rings is 1. The first-order chi connectivity index (χ1) is 13.6. The van der Waals surface area contributed by atoms with Crippen molar-refractivity contribution in [3.8, 4) is 11.5 Å². The summed E-state index contributed by atoms with van der Waals surface area (Å²) in [6.45, 7) is 0.284. The van der Waals surface area contributed by atoms with Gasteiger partial charge in [0.1, 0.15) is 6.61 Å². The monoisotopic (exact) mass is 379 g/mol. The number of nitro benzene ring substituents is 1. The first kappa shape index (κ1) is 18.8. The Labute approximate surface area is 160 Å². The predicted octanol–water partition coefficient (Wildman–Crippen LogP) is 3.83. The van der Waals surface area contributed by atoms with Gasteiger partial charge in [-0.2, -0.15) is 0 Å². The Kier molecular flexibility index (Phi) is 5.81. The number of nitro groups is 1. The molecule has 1 heterocycles. The fraction of sp³-hybridized carbons (Fsp3) is 0.100. The van der Waals surface area contributed by atoms with Gasteiger partial charge >= 0.3 is 0 Å². The van der Waals surface area contributed by atoms with E-state index in [1.807, 2.05) is 12.1 Å². The molecule has 0 radical (unpaired) electrons. The van der Waals surface area contributed by atoms with E-state index in [0.717, 1.165) is 5.56 Å². The van der Waals surface area contributed by atoms with Gasteiger partial charge in [0.25, 0.3) is 11.6 Å². The maximum atomic E-state index is 12.4. The number of aromatic nitrogens is 1. The van der Waals surface area contributed by atoms with Gasteiger partial charge in [-0.15, -0.1) is 0 Å². The van der Waals surface area contributed by atoms with Gasteiger partial charge in [-0.3, -0.25) is 19.9 Å². The van der Waals surface area contributed by atoms with Crippen LogP contribution in [0.1, 0.15) is 15.9 Å². The SMILES string of the molecule is COc1ccc(NC(=O)c2cccc([N+](=O)[O-])c2)cc1OCc1cccnc1. The molecule has 3 aromatic rings. The van der Waals surface area contributed by atoms with Gasteiger partial charge in [0.2, 0.25) is 0 Å². The minimum atomic E-state index is -0.547. The molecular weight excluding hydrogens is 362 g/mol. The molecule has 0 saturated heterocycles. The molecule has 8 heteroatoms. The third kappa shape index (κ3) is 4.61. The molecule has 2 aromatic carbocycles. The Morgan fingerprint density at radius 2 is 2.00 bits per heavy atom. The lowest BCUT2D eigenvalue weighted by atomic mass is 10.2. The molecule has 0 atom stereocenters. The summed E-state index contributed by atoms with van der Waals surface area (Å²) in [5.41, 5.74) is 1.39. The lowest BCUT2D eigenvalue weighted by Crippen LogP contribution is -2.12. The van der Waals surface area contributed by atoms with Gasteiger partial charge < -0.3 is 14.8 Å². The van der Waals surface area contributed by atoms with Crippen LogP contribution in [-0.4, -0.2) is 22.9 Å². The maximum absolute atomic E-state index is 12.4. The van der Waals surface area contributed by atoms with Crippen LogP contribution in [0.2, 0.25) is 0 Å². The number of anilines is 1. The number of hydrogen-bond donors (Lipinski definition) is 1. The molecule has 0 aliphatic rings. The third-order valence-corrected chi connectivity index (χ3v) is 3.86. The number of benzene rings is 2. The van der Waals surface area contributed by atoms with Crippen LogP contribution < -0.4 is 14.8 Å². The van der Waals surface area contributed by atoms with E-state index in [9.17, 15) is 14.9 Å². The van der Waals surface area contributed by atoms with Crippen molar-refractivity contribution in [2.24, 2.45) is 0 Å². The van der Waals surface area contributed by atoms with Crippen LogP contribution in [0.15, 0.2) is 67.0 Å². The Morgan fingerprint density at radius 1 is 1.14 bits per heavy atom. The van der Waals surface area contributed by atoms with Crippen molar-refractivity contribution in [3.63, 3.8) is 0 Å². The number of ether oxygens (including phenoxy) is 2. The van der Waals surface area contributed by atoms with Gasteiger partial charge in [-0.1, -0.05) is 12.1 Å². The standard InChI is InChI=1S/C20H17N3O5/c1-27-18-8-7-16(11-19(18)28-13-14-4-3-9-21-12-14)22-20(24)15-5-2-6-17(10-15)23(25)26/h2-12H,13H2,1H3,(H,22,24). The number of amides is 1. The molecule has 0 aliphatic heterocycles. The summed E-state index contributed by atoms with van der Waals surface area (Å²) >= 11 is 0. The number of nitrogens with zero attached hydrogens (tertiary/aromatic N) is 2. The number of hydrogen-bond acceptors (Lipinski definition) is 6. The van der Waals surface area contributed by atoms with Gasteiger partial charge in [0.15, 0.2) is 11.5 Å². The third-order valence-electron chi connectivity index (χ3n) is 3.86. The average molecular weight is 379 g/mol. The highest BCUT2D eigenvalue weighted by Crippen LogP contribution is 2.31. The van der Waals surface area contributed by atoms with E-state index in [-0.39, 0.29) is 17.9 Å². The van der Waals surface area contributed by atoms with Crippen LogP contribution in [0, 0.1) is 10.1 Å². The normalized spacial score (nSPS) is 10.2. The van der Waals surface area contributed by atoms with Crippen molar-refractivity contribution in [1.29, 1.82) is 0 Å². The average Bonchev–Trinajstić information content (AvgIpc) is 2.73. The number of rotatable bonds is 7. The molecular formula is C20H17N3O5. The van der Waals surface area contributed by atoms with Crippen LogP contribution >= 0.6 is 0 Å². The first-order valence-electron chi connectivity index (χ1n) is 8.32. The molecule has 8 nitrogen and oxygen atoms in total. The minimum Gasteiger partial charge on any atom is -0.493 e. The number of carbonyl (C=O) groups excluding carboxylic acids is 1. The fourth-order valence-electron chi connectivity index (χ4n) is 2.48. The quantitative estimate of drug-likeness (QED) is 0.494. The Balaban J connectivity index is 1.76. The van der Waals surface area contributed by atoms with Crippen LogP contribution in [0.25, 0.3) is 0 Å². The molecule has 0 fully saturated rings. The molecule has 1 aromatic heterocycles. The summed E-state index contributed by atoms with van der Waals surface area (Å²) in [5, 5.41) is 13.6. The lowest BCUT2D eigenvalue weighted by molar-refractivity contribution is -0.384. The Hall–Kier alpha value is -3.94. The smallest absolute Gasteiger partial charge is 0.270 e. The topological polar surface area (TPSA) is 104 Å². The summed E-state index contributed by atoms with van der Waals surface area (Å²) in [6, 6.07) is 14.2. The predicted molar refractivity (Wildman–Crippen MR) is 103 cm³/mol. The first-order valence-corrected chi connectivity index (χ1v) is 8.32. The van der Waals surface area contributed by atoms with Crippen LogP contribution in [0.4, 0.5) is 11.4 Å². The summed E-state index contributed by atoms with van der Waals surface area (Å²) in [7, 11) is 1.52. The van der Waals surface area contributed by atoms with E-state index >= 15 is 0 Å². The van der Waals surface area contributed by atoms with Crippen molar-refractivity contribution in [1.82, 2.24) is 4.98 Å². The van der Waals surface area contributed by atoms with Crippen LogP contribution in [0.3, 0.4) is 0 Å². The van der Waals surface area contributed by atoms with E-state index in [1.165, 1.54) is 31.4 Å². The minimum absolute atomic E-state index is 0.150. The summed E-state index contributed by atoms with van der Waals surface area (Å²) in [5.74, 6) is 0.493. The molecule has 0 bridgehead atoms. The van der Waals surface area contributed by atoms with Crippen molar-refractivity contribution in [2.45, 2.75) is 6.61 Å². The molecule has 142 valence electrons. The van der Waals surface area contributed by atoms with Crippen LogP contribution in [-0.2, 0) is 6.61 Å². The molecule has 1 N–H and O–H groups in total. The van der Waals surface area contributed by atoms with E-state index in [4.69, 9.17) is 9.47 Å². The van der Waals surface area contributed by atoms with Crippen molar-refractivity contribution >= 4 is 17.3 Å². The van der Waals surface area contributed by atoms with Crippen LogP contribution in [0.5, 0.6) is 11.5 Å². The molecule has 0 aliphatic carbocycles. The van der Waals surface area contributed by atoms with Gasteiger partial charge in [-0.25, -0.2) is 0 Å². The van der Waals surface area contributed by atoms with Gasteiger partial charge in [0, 0.05) is 47.4 Å². The fourth-order valence-corrected chi connectivity index (χ4v) is 2.48. The highest BCUT2D eigenvalue weighted by Gasteiger charge is 2.13. The second kappa shape index (κ2) is 8.63. The lowest BCUT2D eigenvalue weighted by Gasteiger charge is -2.13. The molecule has 3 rings (SSSR count). The number of carbonyl (C=O) groups is 1. The maximum Gasteiger partial charge on any atom is 0.270 e. The number of methoxy groups -OCH3 is 1. The van der Waals surface area contributed by atoms with Gasteiger partial charge in [0.05, 0.1) is 12.0 Å². The molecule has 0 unspecified atom stereocenters. The number of nitrogens with one attached hydrogen (secondary N) is 1. The van der Waals surface area contributed by atoms with Crippen molar-refractivity contribution in [2.75, 3.05) is 12.4 Å². The summed E-state index contributed by atoms with van der Waals surface area (Å²) in [4.78, 5) is 26.8. The zero-order valence-electron chi connectivity index (χ0n) is 15.0. The van der Waals surface area contributed by atoms with E-state index < -0.39 is 10.8 Å². The summed E-state index contributed by atoms with van der Waals surface area (Å²) < 4.78 is 11.1. The van der Waals surface area contributed by atoms with E-state index in [1.54, 1.807) is 30.6 Å². The molecule has 0 spiro atoms. The van der Waals surface area contributed by atoms with Gasteiger partial charge in [-0.05, 0) is 24.3 Å². The van der Waals surface area contributed by atoms with E-state index in [0.29, 0.717) is 17.2 Å². The zero-order chi connectivity index (χ0) is 19.9. The number of non-ortho nitro benzene ring substituents is 1. The second-order valence-electron chi connectivity index (χ2n) is 5.78. The molecule has 28 heavy (non-hydrogen) atoms. The highest BCUT2D eigenvalue weighted by atomic mass is 16.6. The highest BCUT2D eigenvalue weighted by molar-refractivity contribution is 6.04. The summed E-state index contributed by atoms with van der Waals surface area (Å²) in [6.07, 6.45) is 3.37. The van der Waals surface area contributed by atoms with E-state index in [2.05, 4.69) is 10.3 Å². The second-order valence-corrected chi connectivity index (χ2v) is 5.78. The largest absolute Gasteiger partial charge is 0.493 e.